The summed E-state index contributed by atoms with van der Waals surface area (Å²) in [4.78, 5) is 11.8. The Bertz CT molecular complexity index is 484. The van der Waals surface area contributed by atoms with Crippen LogP contribution in [0.2, 0.25) is 0 Å². The van der Waals surface area contributed by atoms with Crippen LogP contribution in [0.15, 0.2) is 30.9 Å². The van der Waals surface area contributed by atoms with Crippen molar-refractivity contribution in [1.82, 2.24) is 15.0 Å². The molecular weight excluding hydrogens is 207 g/mol. The largest absolute Gasteiger partial charge is 0.318 e. The second-order valence-electron chi connectivity index (χ2n) is 3.49. The molecule has 0 saturated carbocycles. The van der Waals surface area contributed by atoms with Crippen LogP contribution in [0.1, 0.15) is 23.0 Å². The summed E-state index contributed by atoms with van der Waals surface area (Å²) in [6, 6.07) is 0.868. The average molecular weight is 218 g/mol. The molecular formula is C11H11FN4. The molecule has 16 heavy (non-hydrogen) atoms. The topological polar surface area (TPSA) is 64.7 Å². The van der Waals surface area contributed by atoms with Crippen LogP contribution in [0.5, 0.6) is 0 Å². The third kappa shape index (κ3) is 2.04. The molecule has 0 aromatic carbocycles. The lowest BCUT2D eigenvalue weighted by Crippen LogP contribution is -2.16. The molecule has 0 saturated heterocycles. The van der Waals surface area contributed by atoms with Crippen LogP contribution in [0, 0.1) is 12.7 Å². The zero-order valence-electron chi connectivity index (χ0n) is 8.76. The molecule has 2 aromatic rings. The highest BCUT2D eigenvalue weighted by Gasteiger charge is 2.15. The second kappa shape index (κ2) is 4.32. The van der Waals surface area contributed by atoms with Gasteiger partial charge in [0.05, 0.1) is 12.2 Å². The standard InChI is InChI=1S/C11H11FN4/c1-7-4-15-11(16-5-7)10(13)8-2-3-14-6-9(8)12/h2-6,10H,13H2,1H3. The van der Waals surface area contributed by atoms with Crippen molar-refractivity contribution < 1.29 is 4.39 Å². The van der Waals surface area contributed by atoms with Crippen LogP contribution in [0.25, 0.3) is 0 Å². The fourth-order valence-corrected chi connectivity index (χ4v) is 1.34. The minimum Gasteiger partial charge on any atom is -0.318 e. The van der Waals surface area contributed by atoms with Crippen LogP contribution in [-0.2, 0) is 0 Å². The lowest BCUT2D eigenvalue weighted by molar-refractivity contribution is 0.587. The zero-order valence-corrected chi connectivity index (χ0v) is 8.76. The average Bonchev–Trinajstić information content (AvgIpc) is 2.30. The summed E-state index contributed by atoms with van der Waals surface area (Å²) < 4.78 is 13.4. The first-order chi connectivity index (χ1) is 7.68. The van der Waals surface area contributed by atoms with Crippen molar-refractivity contribution in [3.05, 3.63) is 53.6 Å². The maximum atomic E-state index is 13.4. The van der Waals surface area contributed by atoms with Crippen molar-refractivity contribution in [3.63, 3.8) is 0 Å². The Kier molecular flexibility index (Phi) is 2.87. The molecule has 5 heteroatoms. The van der Waals surface area contributed by atoms with Gasteiger partial charge in [-0.15, -0.1) is 0 Å². The fraction of sp³-hybridized carbons (Fsp3) is 0.182. The lowest BCUT2D eigenvalue weighted by atomic mass is 10.1. The number of hydrogen-bond acceptors (Lipinski definition) is 4. The number of halogens is 1. The van der Waals surface area contributed by atoms with E-state index in [0.29, 0.717) is 11.4 Å². The van der Waals surface area contributed by atoms with Gasteiger partial charge in [-0.2, -0.15) is 0 Å². The molecule has 4 nitrogen and oxygen atoms in total. The Morgan fingerprint density at radius 2 is 1.94 bits per heavy atom. The van der Waals surface area contributed by atoms with Crippen LogP contribution < -0.4 is 5.73 Å². The number of aromatic nitrogens is 3. The molecule has 0 amide bonds. The highest BCUT2D eigenvalue weighted by atomic mass is 19.1. The smallest absolute Gasteiger partial charge is 0.149 e. The number of pyridine rings is 1. The first kappa shape index (κ1) is 10.6. The molecule has 2 aromatic heterocycles. The minimum absolute atomic E-state index is 0.346. The third-order valence-electron chi connectivity index (χ3n) is 2.22. The minimum atomic E-state index is -0.663. The van der Waals surface area contributed by atoms with Gasteiger partial charge in [0.2, 0.25) is 0 Å². The van der Waals surface area contributed by atoms with Crippen LogP contribution in [-0.4, -0.2) is 15.0 Å². The maximum Gasteiger partial charge on any atom is 0.149 e. The Balaban J connectivity index is 2.35. The molecule has 1 atom stereocenters. The molecule has 0 bridgehead atoms. The summed E-state index contributed by atoms with van der Waals surface area (Å²) in [5.41, 5.74) is 7.16. The van der Waals surface area contributed by atoms with Gasteiger partial charge in [-0.05, 0) is 18.6 Å². The van der Waals surface area contributed by atoms with E-state index >= 15 is 0 Å². The van der Waals surface area contributed by atoms with Crippen molar-refractivity contribution in [2.75, 3.05) is 0 Å². The van der Waals surface area contributed by atoms with Crippen molar-refractivity contribution in [2.45, 2.75) is 13.0 Å². The summed E-state index contributed by atoms with van der Waals surface area (Å²) >= 11 is 0. The van der Waals surface area contributed by atoms with Crippen molar-refractivity contribution in [2.24, 2.45) is 5.73 Å². The molecule has 0 radical (unpaired) electrons. The van der Waals surface area contributed by atoms with E-state index in [1.54, 1.807) is 12.4 Å². The van der Waals surface area contributed by atoms with E-state index in [0.717, 1.165) is 11.8 Å². The summed E-state index contributed by atoms with van der Waals surface area (Å²) in [6.45, 7) is 1.88. The van der Waals surface area contributed by atoms with Crippen LogP contribution in [0.3, 0.4) is 0 Å². The molecule has 0 aliphatic carbocycles. The Morgan fingerprint density at radius 1 is 1.25 bits per heavy atom. The highest BCUT2D eigenvalue weighted by Crippen LogP contribution is 2.17. The van der Waals surface area contributed by atoms with E-state index in [4.69, 9.17) is 5.73 Å². The molecule has 2 rings (SSSR count). The molecule has 2 N–H and O–H groups in total. The molecule has 0 fully saturated rings. The molecule has 0 aliphatic heterocycles. The van der Waals surface area contributed by atoms with E-state index in [-0.39, 0.29) is 0 Å². The maximum absolute atomic E-state index is 13.4. The quantitative estimate of drug-likeness (QED) is 0.826. The fourth-order valence-electron chi connectivity index (χ4n) is 1.34. The highest BCUT2D eigenvalue weighted by molar-refractivity contribution is 5.23. The number of nitrogens with zero attached hydrogens (tertiary/aromatic N) is 3. The van der Waals surface area contributed by atoms with Gasteiger partial charge in [-0.3, -0.25) is 4.98 Å². The van der Waals surface area contributed by atoms with Crippen molar-refractivity contribution in [3.8, 4) is 0 Å². The molecule has 2 heterocycles. The van der Waals surface area contributed by atoms with Gasteiger partial charge >= 0.3 is 0 Å². The summed E-state index contributed by atoms with van der Waals surface area (Å²) in [6.07, 6.45) is 5.93. The molecule has 0 spiro atoms. The predicted molar refractivity (Wildman–Crippen MR) is 57.0 cm³/mol. The Hall–Kier alpha value is -1.88. The monoisotopic (exact) mass is 218 g/mol. The van der Waals surface area contributed by atoms with E-state index in [9.17, 15) is 4.39 Å². The zero-order chi connectivity index (χ0) is 11.5. The van der Waals surface area contributed by atoms with Gasteiger partial charge in [-0.25, -0.2) is 14.4 Å². The summed E-state index contributed by atoms with van der Waals surface area (Å²) in [7, 11) is 0. The molecule has 0 aliphatic rings. The number of hydrogen-bond donors (Lipinski definition) is 1. The van der Waals surface area contributed by atoms with Crippen LogP contribution in [0.4, 0.5) is 4.39 Å². The van der Waals surface area contributed by atoms with Crippen LogP contribution >= 0.6 is 0 Å². The van der Waals surface area contributed by atoms with Gasteiger partial charge in [0.1, 0.15) is 11.6 Å². The van der Waals surface area contributed by atoms with Gasteiger partial charge in [0, 0.05) is 24.2 Å². The molecule has 82 valence electrons. The van der Waals surface area contributed by atoms with E-state index in [1.165, 1.54) is 12.3 Å². The molecule has 1 unspecified atom stereocenters. The Morgan fingerprint density at radius 3 is 2.56 bits per heavy atom. The third-order valence-corrected chi connectivity index (χ3v) is 2.22. The van der Waals surface area contributed by atoms with Gasteiger partial charge in [-0.1, -0.05) is 0 Å². The van der Waals surface area contributed by atoms with E-state index < -0.39 is 11.9 Å². The number of nitrogens with two attached hydrogens (primary N) is 1. The first-order valence-corrected chi connectivity index (χ1v) is 4.82. The SMILES string of the molecule is Cc1cnc(C(N)c2ccncc2F)nc1. The van der Waals surface area contributed by atoms with E-state index in [2.05, 4.69) is 15.0 Å². The van der Waals surface area contributed by atoms with Gasteiger partial charge in [0.25, 0.3) is 0 Å². The van der Waals surface area contributed by atoms with E-state index in [1.807, 2.05) is 6.92 Å². The first-order valence-electron chi connectivity index (χ1n) is 4.82. The summed E-state index contributed by atoms with van der Waals surface area (Å²) in [5.74, 6) is -0.0464. The van der Waals surface area contributed by atoms with Crippen molar-refractivity contribution >= 4 is 0 Å². The number of rotatable bonds is 2. The summed E-state index contributed by atoms with van der Waals surface area (Å²) in [5, 5.41) is 0. The normalized spacial score (nSPS) is 12.4. The Labute approximate surface area is 92.4 Å². The van der Waals surface area contributed by atoms with Gasteiger partial charge in [0.15, 0.2) is 0 Å². The second-order valence-corrected chi connectivity index (χ2v) is 3.49. The van der Waals surface area contributed by atoms with Gasteiger partial charge < -0.3 is 5.73 Å². The lowest BCUT2D eigenvalue weighted by Gasteiger charge is -2.10. The predicted octanol–water partition coefficient (Wildman–Crippen LogP) is 1.37. The van der Waals surface area contributed by atoms with Crippen molar-refractivity contribution in [1.29, 1.82) is 0 Å². The number of aryl methyl sites for hydroxylation is 1.